The van der Waals surface area contributed by atoms with Gasteiger partial charge in [0.2, 0.25) is 12.0 Å². The van der Waals surface area contributed by atoms with Crippen LogP contribution in [0.25, 0.3) is 5.57 Å². The van der Waals surface area contributed by atoms with Crippen molar-refractivity contribution in [1.82, 2.24) is 9.13 Å². The van der Waals surface area contributed by atoms with Gasteiger partial charge in [0.05, 0.1) is 19.8 Å². The SMILES string of the molecule is COC(=O)C1=C(c2ccc(C)cc2)c2c(n(C)c(=O)n(C)c2=O)OC1C(=O)OC. The maximum Gasteiger partial charge on any atom is 0.352 e. The number of benzene rings is 1. The number of ether oxygens (including phenoxy) is 3. The van der Waals surface area contributed by atoms with Crippen LogP contribution in [0.1, 0.15) is 16.7 Å². The highest BCUT2D eigenvalue weighted by Gasteiger charge is 2.42. The summed E-state index contributed by atoms with van der Waals surface area (Å²) in [4.78, 5) is 50.5. The molecule has 1 aromatic heterocycles. The molecule has 0 amide bonds. The van der Waals surface area contributed by atoms with Crippen molar-refractivity contribution < 1.29 is 23.8 Å². The molecule has 1 atom stereocenters. The maximum atomic E-state index is 13.0. The fraction of sp³-hybridized carbons (Fsp3) is 0.300. The smallest absolute Gasteiger partial charge is 0.352 e. The first-order chi connectivity index (χ1) is 13.7. The van der Waals surface area contributed by atoms with Gasteiger partial charge in [-0.25, -0.2) is 14.4 Å². The normalized spacial score (nSPS) is 15.4. The number of aryl methyl sites for hydroxylation is 1. The number of fused-ring (bicyclic) bond motifs is 1. The average Bonchev–Trinajstić information content (AvgIpc) is 2.74. The van der Waals surface area contributed by atoms with E-state index in [1.807, 2.05) is 6.92 Å². The van der Waals surface area contributed by atoms with Crippen LogP contribution in [0.5, 0.6) is 5.88 Å². The number of aromatic nitrogens is 2. The molecule has 0 aliphatic carbocycles. The van der Waals surface area contributed by atoms with Gasteiger partial charge in [-0.2, -0.15) is 0 Å². The molecule has 0 radical (unpaired) electrons. The van der Waals surface area contributed by atoms with E-state index in [4.69, 9.17) is 14.2 Å². The second-order valence-corrected chi connectivity index (χ2v) is 6.55. The van der Waals surface area contributed by atoms with Gasteiger partial charge in [0, 0.05) is 19.7 Å². The average molecular weight is 400 g/mol. The number of carbonyl (C=O) groups excluding carboxylic acids is 2. The molecule has 1 aliphatic rings. The van der Waals surface area contributed by atoms with Crippen molar-refractivity contribution in [3.8, 4) is 5.88 Å². The Morgan fingerprint density at radius 2 is 1.62 bits per heavy atom. The summed E-state index contributed by atoms with van der Waals surface area (Å²) in [5.74, 6) is -1.84. The molecule has 9 nitrogen and oxygen atoms in total. The van der Waals surface area contributed by atoms with Gasteiger partial charge in [-0.05, 0) is 12.5 Å². The van der Waals surface area contributed by atoms with Crippen LogP contribution in [0.2, 0.25) is 0 Å². The predicted octanol–water partition coefficient (Wildman–Crippen LogP) is 0.301. The molecule has 0 spiro atoms. The molecule has 152 valence electrons. The first-order valence-corrected chi connectivity index (χ1v) is 8.67. The van der Waals surface area contributed by atoms with Gasteiger partial charge >= 0.3 is 17.6 Å². The zero-order valence-corrected chi connectivity index (χ0v) is 16.6. The highest BCUT2D eigenvalue weighted by atomic mass is 16.6. The Balaban J connectivity index is 2.53. The summed E-state index contributed by atoms with van der Waals surface area (Å²) in [6, 6.07) is 7.01. The van der Waals surface area contributed by atoms with Crippen LogP contribution in [-0.2, 0) is 33.2 Å². The van der Waals surface area contributed by atoms with E-state index >= 15 is 0 Å². The molecule has 2 heterocycles. The molecule has 0 bridgehead atoms. The highest BCUT2D eigenvalue weighted by molar-refractivity contribution is 6.08. The maximum absolute atomic E-state index is 13.0. The minimum absolute atomic E-state index is 0.0148. The topological polar surface area (TPSA) is 106 Å². The lowest BCUT2D eigenvalue weighted by molar-refractivity contribution is -0.150. The minimum Gasteiger partial charge on any atom is -0.466 e. The zero-order valence-electron chi connectivity index (χ0n) is 16.6. The molecule has 9 heteroatoms. The van der Waals surface area contributed by atoms with Crippen molar-refractivity contribution in [1.29, 1.82) is 0 Å². The van der Waals surface area contributed by atoms with Crippen LogP contribution in [0.3, 0.4) is 0 Å². The molecular weight excluding hydrogens is 380 g/mol. The van der Waals surface area contributed by atoms with Crippen LogP contribution < -0.4 is 16.0 Å². The van der Waals surface area contributed by atoms with Gasteiger partial charge in [-0.1, -0.05) is 29.8 Å². The Morgan fingerprint density at radius 3 is 2.17 bits per heavy atom. The Bertz CT molecular complexity index is 1150. The fourth-order valence-electron chi connectivity index (χ4n) is 3.23. The molecule has 2 aromatic rings. The fourth-order valence-corrected chi connectivity index (χ4v) is 3.23. The number of nitrogens with zero attached hydrogens (tertiary/aromatic N) is 2. The Labute approximate surface area is 165 Å². The molecular formula is C20H20N2O7. The third kappa shape index (κ3) is 3.14. The van der Waals surface area contributed by atoms with Crippen molar-refractivity contribution in [2.24, 2.45) is 14.1 Å². The summed E-state index contributed by atoms with van der Waals surface area (Å²) in [5, 5.41) is 0. The lowest BCUT2D eigenvalue weighted by Gasteiger charge is -2.29. The van der Waals surface area contributed by atoms with E-state index in [9.17, 15) is 19.2 Å². The van der Waals surface area contributed by atoms with E-state index in [-0.39, 0.29) is 22.6 Å². The first kappa shape index (κ1) is 20.1. The summed E-state index contributed by atoms with van der Waals surface area (Å²) < 4.78 is 17.3. The van der Waals surface area contributed by atoms with Crippen molar-refractivity contribution in [2.75, 3.05) is 14.2 Å². The summed E-state index contributed by atoms with van der Waals surface area (Å²) in [6.45, 7) is 1.89. The summed E-state index contributed by atoms with van der Waals surface area (Å²) in [7, 11) is 5.03. The zero-order chi connectivity index (χ0) is 21.5. The molecule has 29 heavy (non-hydrogen) atoms. The van der Waals surface area contributed by atoms with Crippen molar-refractivity contribution in [3.63, 3.8) is 0 Å². The summed E-state index contributed by atoms with van der Waals surface area (Å²) in [6.07, 6.45) is -1.51. The molecule has 0 saturated carbocycles. The van der Waals surface area contributed by atoms with Crippen LogP contribution in [0.4, 0.5) is 0 Å². The van der Waals surface area contributed by atoms with E-state index in [0.29, 0.717) is 5.56 Å². The van der Waals surface area contributed by atoms with Crippen molar-refractivity contribution in [3.05, 3.63) is 67.4 Å². The lowest BCUT2D eigenvalue weighted by atomic mass is 9.89. The monoisotopic (exact) mass is 400 g/mol. The summed E-state index contributed by atoms with van der Waals surface area (Å²) in [5.41, 5.74) is 0.116. The van der Waals surface area contributed by atoms with Gasteiger partial charge < -0.3 is 14.2 Å². The third-order valence-corrected chi connectivity index (χ3v) is 4.78. The Kier molecular flexibility index (Phi) is 5.15. The second kappa shape index (κ2) is 7.42. The van der Waals surface area contributed by atoms with Gasteiger partial charge in [-0.3, -0.25) is 13.9 Å². The number of carbonyl (C=O) groups is 2. The van der Waals surface area contributed by atoms with Crippen molar-refractivity contribution in [2.45, 2.75) is 13.0 Å². The summed E-state index contributed by atoms with van der Waals surface area (Å²) >= 11 is 0. The van der Waals surface area contributed by atoms with E-state index in [0.717, 1.165) is 28.9 Å². The van der Waals surface area contributed by atoms with E-state index in [1.165, 1.54) is 14.1 Å². The van der Waals surface area contributed by atoms with E-state index in [2.05, 4.69) is 0 Å². The molecule has 0 fully saturated rings. The van der Waals surface area contributed by atoms with E-state index < -0.39 is 29.3 Å². The largest absolute Gasteiger partial charge is 0.466 e. The van der Waals surface area contributed by atoms with Gasteiger partial charge in [-0.15, -0.1) is 0 Å². The molecule has 3 rings (SSSR count). The van der Waals surface area contributed by atoms with Crippen LogP contribution in [0.15, 0.2) is 39.4 Å². The standard InChI is InChI=1S/C20H20N2O7/c1-10-6-8-11(9-7-10)12-13(18(24)27-4)15(19(25)28-5)29-17-14(12)16(23)21(2)20(26)22(17)3/h6-9,15H,1-5H3. The van der Waals surface area contributed by atoms with E-state index in [1.54, 1.807) is 24.3 Å². The number of rotatable bonds is 3. The van der Waals surface area contributed by atoms with Crippen molar-refractivity contribution >= 4 is 17.5 Å². The van der Waals surface area contributed by atoms with Crippen LogP contribution in [-0.4, -0.2) is 41.4 Å². The quantitative estimate of drug-likeness (QED) is 0.683. The molecule has 0 saturated heterocycles. The number of methoxy groups -OCH3 is 2. The molecule has 1 aliphatic heterocycles. The van der Waals surface area contributed by atoms with Gasteiger partial charge in [0.15, 0.2) is 0 Å². The van der Waals surface area contributed by atoms with Gasteiger partial charge in [0.1, 0.15) is 5.56 Å². The minimum atomic E-state index is -1.51. The highest BCUT2D eigenvalue weighted by Crippen LogP contribution is 2.38. The van der Waals surface area contributed by atoms with Crippen LogP contribution in [0, 0.1) is 6.92 Å². The third-order valence-electron chi connectivity index (χ3n) is 4.78. The number of esters is 2. The molecule has 1 unspecified atom stereocenters. The number of hydrogen-bond acceptors (Lipinski definition) is 7. The van der Waals surface area contributed by atoms with Crippen LogP contribution >= 0.6 is 0 Å². The predicted molar refractivity (Wildman–Crippen MR) is 103 cm³/mol. The first-order valence-electron chi connectivity index (χ1n) is 8.67. The Morgan fingerprint density at radius 1 is 1.00 bits per heavy atom. The lowest BCUT2D eigenvalue weighted by Crippen LogP contribution is -2.45. The second-order valence-electron chi connectivity index (χ2n) is 6.55. The number of hydrogen-bond donors (Lipinski definition) is 0. The molecule has 1 aromatic carbocycles. The van der Waals surface area contributed by atoms with Gasteiger partial charge in [0.25, 0.3) is 5.56 Å². The molecule has 0 N–H and O–H groups in total. The Hall–Kier alpha value is -3.62.